The van der Waals surface area contributed by atoms with E-state index in [0.717, 1.165) is 12.1 Å². The Morgan fingerprint density at radius 2 is 2.15 bits per heavy atom. The van der Waals surface area contributed by atoms with E-state index in [4.69, 9.17) is 22.1 Å². The SMILES string of the molecule is COC(C)(C)CNC(=O)c1cc([N+](=O)[O-])cc(Cl)c1N. The van der Waals surface area contributed by atoms with Crippen LogP contribution in [-0.2, 0) is 4.74 Å². The van der Waals surface area contributed by atoms with Gasteiger partial charge in [-0.2, -0.15) is 0 Å². The van der Waals surface area contributed by atoms with Gasteiger partial charge in [0, 0.05) is 25.8 Å². The second-order valence-corrected chi connectivity index (χ2v) is 5.20. The second kappa shape index (κ2) is 6.06. The Balaban J connectivity index is 3.01. The number of hydrogen-bond acceptors (Lipinski definition) is 5. The monoisotopic (exact) mass is 301 g/mol. The van der Waals surface area contributed by atoms with E-state index >= 15 is 0 Å². The summed E-state index contributed by atoms with van der Waals surface area (Å²) < 4.78 is 5.16. The van der Waals surface area contributed by atoms with Gasteiger partial charge in [-0.3, -0.25) is 14.9 Å². The summed E-state index contributed by atoms with van der Waals surface area (Å²) in [6, 6.07) is 2.20. The summed E-state index contributed by atoms with van der Waals surface area (Å²) in [5.74, 6) is -0.543. The average Bonchev–Trinajstić information content (AvgIpc) is 2.38. The van der Waals surface area contributed by atoms with Crippen LogP contribution in [0.2, 0.25) is 5.02 Å². The van der Waals surface area contributed by atoms with Crippen LogP contribution in [0.5, 0.6) is 0 Å². The number of methoxy groups -OCH3 is 1. The summed E-state index contributed by atoms with van der Waals surface area (Å²) in [7, 11) is 1.52. The molecule has 0 bridgehead atoms. The summed E-state index contributed by atoms with van der Waals surface area (Å²) in [5, 5.41) is 13.3. The number of non-ortho nitro benzene ring substituents is 1. The number of nitro groups is 1. The first-order valence-corrected chi connectivity index (χ1v) is 6.12. The summed E-state index contributed by atoms with van der Waals surface area (Å²) in [6.45, 7) is 3.80. The van der Waals surface area contributed by atoms with E-state index in [0.29, 0.717) is 0 Å². The van der Waals surface area contributed by atoms with Crippen LogP contribution in [-0.4, -0.2) is 30.1 Å². The summed E-state index contributed by atoms with van der Waals surface area (Å²) in [5.41, 5.74) is 4.80. The Morgan fingerprint density at radius 1 is 1.55 bits per heavy atom. The summed E-state index contributed by atoms with van der Waals surface area (Å²) in [4.78, 5) is 22.1. The number of halogens is 1. The number of carbonyl (C=O) groups excluding carboxylic acids is 1. The molecule has 0 unspecified atom stereocenters. The van der Waals surface area contributed by atoms with Crippen LogP contribution in [0.4, 0.5) is 11.4 Å². The number of nitrogens with two attached hydrogens (primary N) is 1. The predicted octanol–water partition coefficient (Wildman–Crippen LogP) is 1.99. The molecular formula is C12H16ClN3O4. The predicted molar refractivity (Wildman–Crippen MR) is 75.9 cm³/mol. The number of ether oxygens (including phenoxy) is 1. The van der Waals surface area contributed by atoms with Gasteiger partial charge in [-0.05, 0) is 13.8 Å². The first-order valence-electron chi connectivity index (χ1n) is 5.74. The van der Waals surface area contributed by atoms with E-state index in [1.807, 2.05) is 0 Å². The minimum absolute atomic E-state index is 0.00462. The zero-order valence-corrected chi connectivity index (χ0v) is 12.2. The normalized spacial score (nSPS) is 11.2. The van der Waals surface area contributed by atoms with Gasteiger partial charge in [-0.1, -0.05) is 11.6 Å². The molecule has 0 aliphatic carbocycles. The van der Waals surface area contributed by atoms with Crippen LogP contribution in [0.3, 0.4) is 0 Å². The zero-order valence-electron chi connectivity index (χ0n) is 11.4. The summed E-state index contributed by atoms with van der Waals surface area (Å²) in [6.07, 6.45) is 0. The van der Waals surface area contributed by atoms with Crippen LogP contribution in [0.1, 0.15) is 24.2 Å². The smallest absolute Gasteiger partial charge is 0.271 e. The fourth-order valence-corrected chi connectivity index (χ4v) is 1.57. The van der Waals surface area contributed by atoms with Crippen molar-refractivity contribution in [3.8, 4) is 0 Å². The maximum Gasteiger partial charge on any atom is 0.271 e. The molecule has 0 aliphatic heterocycles. The third kappa shape index (κ3) is 3.82. The number of benzene rings is 1. The molecule has 8 heteroatoms. The molecule has 0 saturated heterocycles. The van der Waals surface area contributed by atoms with Crippen LogP contribution in [0, 0.1) is 10.1 Å². The van der Waals surface area contributed by atoms with E-state index in [9.17, 15) is 14.9 Å². The number of anilines is 1. The first-order chi connectivity index (χ1) is 9.18. The highest BCUT2D eigenvalue weighted by Gasteiger charge is 2.22. The van der Waals surface area contributed by atoms with Crippen molar-refractivity contribution in [1.82, 2.24) is 5.32 Å². The molecule has 0 radical (unpaired) electrons. The van der Waals surface area contributed by atoms with Gasteiger partial charge in [-0.25, -0.2) is 0 Å². The van der Waals surface area contributed by atoms with Gasteiger partial charge in [0.15, 0.2) is 0 Å². The number of amides is 1. The minimum Gasteiger partial charge on any atom is -0.397 e. The molecule has 1 aromatic rings. The van der Waals surface area contributed by atoms with Gasteiger partial charge < -0.3 is 15.8 Å². The standard InChI is InChI=1S/C12H16ClN3O4/c1-12(2,20-3)6-15-11(17)8-4-7(16(18)19)5-9(13)10(8)14/h4-5H,6,14H2,1-3H3,(H,15,17). The van der Waals surface area contributed by atoms with E-state index < -0.39 is 16.4 Å². The summed E-state index contributed by atoms with van der Waals surface area (Å²) >= 11 is 5.79. The molecule has 0 saturated carbocycles. The molecule has 1 aromatic carbocycles. The quantitative estimate of drug-likeness (QED) is 0.491. The fourth-order valence-electron chi connectivity index (χ4n) is 1.36. The lowest BCUT2D eigenvalue weighted by Gasteiger charge is -2.23. The Hall–Kier alpha value is -1.86. The maximum absolute atomic E-state index is 12.0. The molecule has 3 N–H and O–H groups in total. The average molecular weight is 302 g/mol. The van der Waals surface area contributed by atoms with Crippen molar-refractivity contribution >= 4 is 28.9 Å². The third-order valence-electron chi connectivity index (χ3n) is 2.80. The number of hydrogen-bond donors (Lipinski definition) is 2. The molecule has 20 heavy (non-hydrogen) atoms. The lowest BCUT2D eigenvalue weighted by atomic mass is 10.1. The van der Waals surface area contributed by atoms with Gasteiger partial charge in [0.2, 0.25) is 0 Å². The first kappa shape index (κ1) is 16.2. The van der Waals surface area contributed by atoms with E-state index in [1.54, 1.807) is 13.8 Å². The van der Waals surface area contributed by atoms with E-state index in [-0.39, 0.29) is 28.5 Å². The molecule has 0 aromatic heterocycles. The van der Waals surface area contributed by atoms with Gasteiger partial charge in [0.05, 0.1) is 26.8 Å². The van der Waals surface area contributed by atoms with Gasteiger partial charge in [-0.15, -0.1) is 0 Å². The van der Waals surface area contributed by atoms with Crippen molar-refractivity contribution in [2.75, 3.05) is 19.4 Å². The molecule has 0 fully saturated rings. The number of nitro benzene ring substituents is 1. The number of nitrogens with one attached hydrogen (secondary N) is 1. The number of rotatable bonds is 5. The lowest BCUT2D eigenvalue weighted by Crippen LogP contribution is -2.39. The second-order valence-electron chi connectivity index (χ2n) is 4.79. The Bertz CT molecular complexity index is 546. The van der Waals surface area contributed by atoms with Crippen molar-refractivity contribution in [3.05, 3.63) is 32.8 Å². The fraction of sp³-hybridized carbons (Fsp3) is 0.417. The van der Waals surface area contributed by atoms with Crippen LogP contribution in [0.25, 0.3) is 0 Å². The van der Waals surface area contributed by atoms with Gasteiger partial charge >= 0.3 is 0 Å². The largest absolute Gasteiger partial charge is 0.397 e. The number of nitrogens with zero attached hydrogens (tertiary/aromatic N) is 1. The molecule has 7 nitrogen and oxygen atoms in total. The molecule has 1 rings (SSSR count). The molecule has 0 atom stereocenters. The van der Waals surface area contributed by atoms with E-state index in [1.165, 1.54) is 7.11 Å². The Kier molecular flexibility index (Phi) is 4.91. The lowest BCUT2D eigenvalue weighted by molar-refractivity contribution is -0.384. The van der Waals surface area contributed by atoms with Crippen molar-refractivity contribution < 1.29 is 14.5 Å². The van der Waals surface area contributed by atoms with Crippen molar-refractivity contribution in [2.45, 2.75) is 19.4 Å². The van der Waals surface area contributed by atoms with Crippen LogP contribution >= 0.6 is 11.6 Å². The third-order valence-corrected chi connectivity index (χ3v) is 3.11. The maximum atomic E-state index is 12.0. The van der Waals surface area contributed by atoms with E-state index in [2.05, 4.69) is 5.32 Å². The minimum atomic E-state index is -0.638. The van der Waals surface area contributed by atoms with Gasteiger partial charge in [0.25, 0.3) is 11.6 Å². The molecule has 110 valence electrons. The highest BCUT2D eigenvalue weighted by atomic mass is 35.5. The highest BCUT2D eigenvalue weighted by Crippen LogP contribution is 2.28. The Morgan fingerprint density at radius 3 is 2.65 bits per heavy atom. The zero-order chi connectivity index (χ0) is 15.5. The molecule has 0 heterocycles. The number of nitrogen functional groups attached to an aromatic ring is 1. The molecular weight excluding hydrogens is 286 g/mol. The molecule has 0 aliphatic rings. The molecule has 1 amide bonds. The topological polar surface area (TPSA) is 107 Å². The van der Waals surface area contributed by atoms with Gasteiger partial charge in [0.1, 0.15) is 0 Å². The van der Waals surface area contributed by atoms with Crippen LogP contribution < -0.4 is 11.1 Å². The van der Waals surface area contributed by atoms with Crippen molar-refractivity contribution in [2.24, 2.45) is 0 Å². The van der Waals surface area contributed by atoms with Crippen molar-refractivity contribution in [1.29, 1.82) is 0 Å². The number of carbonyl (C=O) groups is 1. The van der Waals surface area contributed by atoms with Crippen LogP contribution in [0.15, 0.2) is 12.1 Å². The Labute approximate surface area is 121 Å². The molecule has 0 spiro atoms. The highest BCUT2D eigenvalue weighted by molar-refractivity contribution is 6.34. The van der Waals surface area contributed by atoms with Crippen molar-refractivity contribution in [3.63, 3.8) is 0 Å².